The first-order valence-electron chi connectivity index (χ1n) is 13.2. The van der Waals surface area contributed by atoms with Crippen molar-refractivity contribution in [2.45, 2.75) is 72.6 Å². The van der Waals surface area contributed by atoms with Crippen LogP contribution in [0.2, 0.25) is 0 Å². The first-order valence-corrected chi connectivity index (χ1v) is 16.4. The Labute approximate surface area is 234 Å². The molecule has 3 aromatic carbocycles. The van der Waals surface area contributed by atoms with Crippen molar-refractivity contribution in [3.8, 4) is 0 Å². The topological polar surface area (TPSA) is 0 Å². The maximum absolute atomic E-state index is 2.55. The molecule has 7 rings (SSSR count). The number of thiophene rings is 4. The Hall–Kier alpha value is -1.98. The Morgan fingerprint density at radius 1 is 0.486 bits per heavy atom. The Balaban J connectivity index is 1.73. The minimum Gasteiger partial charge on any atom is -0.140 e. The van der Waals surface area contributed by atoms with Crippen molar-refractivity contribution in [1.82, 2.24) is 0 Å². The van der Waals surface area contributed by atoms with Gasteiger partial charge in [-0.3, -0.25) is 0 Å². The van der Waals surface area contributed by atoms with Gasteiger partial charge in [-0.2, -0.15) is 0 Å². The molecule has 0 aliphatic rings. The second kappa shape index (κ2) is 7.79. The largest absolute Gasteiger partial charge is 0.140 e. The maximum atomic E-state index is 2.55. The van der Waals surface area contributed by atoms with Gasteiger partial charge in [0.1, 0.15) is 0 Å². The van der Waals surface area contributed by atoms with Crippen LogP contribution in [-0.4, -0.2) is 0 Å². The highest BCUT2D eigenvalue weighted by molar-refractivity contribution is 7.23. The third kappa shape index (κ3) is 3.49. The second-order valence-corrected chi connectivity index (χ2v) is 17.1. The standard InChI is InChI=1S/C33H32S4/c1-9-17-11-19-25-15-27(33(6,7)8)37-31(25)23-12-20-22(13-21(23)29(19)35-17)30-24(14-26(36-30)32(3,4)5)18-10-16(2)34-28(18)20/h10-15H,9H2,1-8H3. The van der Waals surface area contributed by atoms with Gasteiger partial charge < -0.3 is 0 Å². The highest BCUT2D eigenvalue weighted by Gasteiger charge is 2.24. The molecule has 0 radical (unpaired) electrons. The number of hydrogen-bond donors (Lipinski definition) is 0. The number of hydrogen-bond acceptors (Lipinski definition) is 4. The molecular formula is C33H32S4. The lowest BCUT2D eigenvalue weighted by atomic mass is 9.93. The minimum absolute atomic E-state index is 0.146. The molecule has 4 heterocycles. The van der Waals surface area contributed by atoms with E-state index in [1.54, 1.807) is 0 Å². The molecule has 0 amide bonds. The predicted octanol–water partition coefficient (Wildman–Crippen LogP) is 12.3. The number of fused-ring (bicyclic) bond motifs is 12. The summed E-state index contributed by atoms with van der Waals surface area (Å²) >= 11 is 7.97. The highest BCUT2D eigenvalue weighted by Crippen LogP contribution is 2.50. The molecule has 0 saturated carbocycles. The molecule has 0 aliphatic heterocycles. The predicted molar refractivity (Wildman–Crippen MR) is 175 cm³/mol. The van der Waals surface area contributed by atoms with Crippen LogP contribution in [0.25, 0.3) is 61.9 Å². The zero-order valence-corrected chi connectivity index (χ0v) is 26.1. The van der Waals surface area contributed by atoms with Gasteiger partial charge in [-0.05, 0) is 60.6 Å². The third-order valence-corrected chi connectivity index (χ3v) is 13.2. The van der Waals surface area contributed by atoms with E-state index in [1.165, 1.54) is 81.4 Å². The number of rotatable bonds is 1. The van der Waals surface area contributed by atoms with Crippen LogP contribution in [0.1, 0.15) is 68.0 Å². The second-order valence-electron chi connectivity index (χ2n) is 12.6. The Morgan fingerprint density at radius 2 is 0.865 bits per heavy atom. The SMILES string of the molecule is CCc1cc2c3cc(C(C)(C)C)sc3c3cc4c(cc3c2s1)c1sc(C(C)(C)C)cc1c1cc(C)sc14. The van der Waals surface area contributed by atoms with Crippen LogP contribution in [0.4, 0.5) is 0 Å². The quantitative estimate of drug-likeness (QED) is 0.176. The fourth-order valence-corrected chi connectivity index (χ4v) is 10.3. The molecule has 0 saturated heterocycles. The van der Waals surface area contributed by atoms with Gasteiger partial charge in [0.05, 0.1) is 0 Å². The summed E-state index contributed by atoms with van der Waals surface area (Å²) in [6.07, 6.45) is 1.09. The average Bonchev–Trinajstić information content (AvgIpc) is 3.59. The van der Waals surface area contributed by atoms with Crippen LogP contribution in [0.3, 0.4) is 0 Å². The summed E-state index contributed by atoms with van der Waals surface area (Å²) in [5, 5.41) is 11.5. The Kier molecular flexibility index (Phi) is 5.07. The summed E-state index contributed by atoms with van der Waals surface area (Å²) in [6.45, 7) is 18.6. The molecule has 4 aromatic heterocycles. The summed E-state index contributed by atoms with van der Waals surface area (Å²) in [5.41, 5.74) is 0.293. The summed E-state index contributed by atoms with van der Waals surface area (Å²) in [6, 6.07) is 15.0. The molecular weight excluding hydrogens is 525 g/mol. The summed E-state index contributed by atoms with van der Waals surface area (Å²) in [7, 11) is 0. The smallest absolute Gasteiger partial charge is 0.0431 e. The van der Waals surface area contributed by atoms with Crippen LogP contribution in [0, 0.1) is 6.92 Å². The molecule has 0 unspecified atom stereocenters. The molecule has 4 heteroatoms. The fourth-order valence-electron chi connectivity index (χ4n) is 5.60. The zero-order valence-electron chi connectivity index (χ0n) is 22.8. The zero-order chi connectivity index (χ0) is 26.0. The van der Waals surface area contributed by atoms with Gasteiger partial charge in [0.25, 0.3) is 0 Å². The molecule has 0 N–H and O–H groups in total. The van der Waals surface area contributed by atoms with E-state index in [0.29, 0.717) is 0 Å². The van der Waals surface area contributed by atoms with Crippen molar-refractivity contribution >= 4 is 107 Å². The summed E-state index contributed by atoms with van der Waals surface area (Å²) in [5.74, 6) is 0. The van der Waals surface area contributed by atoms with Gasteiger partial charge >= 0.3 is 0 Å². The van der Waals surface area contributed by atoms with Crippen LogP contribution in [0.15, 0.2) is 36.4 Å². The normalized spacial score (nSPS) is 13.5. The summed E-state index contributed by atoms with van der Waals surface area (Å²) < 4.78 is 5.82. The van der Waals surface area contributed by atoms with Gasteiger partial charge in [-0.25, -0.2) is 0 Å². The van der Waals surface area contributed by atoms with E-state index in [1.807, 2.05) is 45.3 Å². The van der Waals surface area contributed by atoms with E-state index in [0.717, 1.165) is 6.42 Å². The molecule has 0 bridgehead atoms. The van der Waals surface area contributed by atoms with Crippen molar-refractivity contribution < 1.29 is 0 Å². The Bertz CT molecular complexity index is 2040. The van der Waals surface area contributed by atoms with Crippen LogP contribution < -0.4 is 0 Å². The van der Waals surface area contributed by atoms with Crippen molar-refractivity contribution in [2.24, 2.45) is 0 Å². The molecule has 0 spiro atoms. The van der Waals surface area contributed by atoms with Gasteiger partial charge in [0, 0.05) is 81.4 Å². The van der Waals surface area contributed by atoms with E-state index in [9.17, 15) is 0 Å². The van der Waals surface area contributed by atoms with Crippen LogP contribution in [0.5, 0.6) is 0 Å². The minimum atomic E-state index is 0.146. The highest BCUT2D eigenvalue weighted by atomic mass is 32.1. The first kappa shape index (κ1) is 24.1. The molecule has 0 aliphatic carbocycles. The van der Waals surface area contributed by atoms with Crippen molar-refractivity contribution in [3.05, 3.63) is 55.9 Å². The van der Waals surface area contributed by atoms with E-state index in [2.05, 4.69) is 91.8 Å². The van der Waals surface area contributed by atoms with Gasteiger partial charge in [0.15, 0.2) is 0 Å². The van der Waals surface area contributed by atoms with Gasteiger partial charge in [-0.1, -0.05) is 48.5 Å². The van der Waals surface area contributed by atoms with E-state index < -0.39 is 0 Å². The fraction of sp³-hybridized carbons (Fsp3) is 0.333. The lowest BCUT2D eigenvalue weighted by Gasteiger charge is -2.15. The number of aryl methyl sites for hydroxylation is 2. The average molecular weight is 557 g/mol. The van der Waals surface area contributed by atoms with E-state index >= 15 is 0 Å². The van der Waals surface area contributed by atoms with E-state index in [-0.39, 0.29) is 10.8 Å². The lowest BCUT2D eigenvalue weighted by molar-refractivity contribution is 0.604. The first-order chi connectivity index (χ1) is 17.4. The molecule has 7 aromatic rings. The van der Waals surface area contributed by atoms with Crippen molar-refractivity contribution in [1.29, 1.82) is 0 Å². The molecule has 0 fully saturated rings. The lowest BCUT2D eigenvalue weighted by Crippen LogP contribution is -2.07. The number of benzene rings is 3. The summed E-state index contributed by atoms with van der Waals surface area (Å²) in [4.78, 5) is 5.82. The van der Waals surface area contributed by atoms with Crippen molar-refractivity contribution in [3.63, 3.8) is 0 Å². The van der Waals surface area contributed by atoms with Crippen LogP contribution in [-0.2, 0) is 17.3 Å². The molecule has 0 nitrogen and oxygen atoms in total. The van der Waals surface area contributed by atoms with Gasteiger partial charge in [-0.15, -0.1) is 45.3 Å². The molecule has 188 valence electrons. The van der Waals surface area contributed by atoms with Crippen molar-refractivity contribution in [2.75, 3.05) is 0 Å². The molecule has 0 atom stereocenters. The van der Waals surface area contributed by atoms with Gasteiger partial charge in [0.2, 0.25) is 0 Å². The van der Waals surface area contributed by atoms with E-state index in [4.69, 9.17) is 0 Å². The molecule has 37 heavy (non-hydrogen) atoms. The van der Waals surface area contributed by atoms with Crippen LogP contribution >= 0.6 is 45.3 Å². The maximum Gasteiger partial charge on any atom is 0.0431 e. The third-order valence-electron chi connectivity index (χ3n) is 7.65. The monoisotopic (exact) mass is 556 g/mol. The Morgan fingerprint density at radius 3 is 1.32 bits per heavy atom.